The molecule has 3 nitrogen and oxygen atoms in total. The Kier molecular flexibility index (Phi) is 4.31. The Balaban J connectivity index is 1.96. The van der Waals surface area contributed by atoms with Gasteiger partial charge in [-0.1, -0.05) is 33.1 Å². The van der Waals surface area contributed by atoms with Crippen LogP contribution in [0.4, 0.5) is 0 Å². The molecule has 3 heteroatoms. The molecular weight excluding hydrogens is 226 g/mol. The van der Waals surface area contributed by atoms with E-state index in [0.717, 1.165) is 57.2 Å². The average Bonchev–Trinajstić information content (AvgIpc) is 2.78. The van der Waals surface area contributed by atoms with Crippen LogP contribution in [-0.2, 0) is 4.79 Å². The molecule has 1 aliphatic heterocycles. The molecule has 1 heterocycles. The van der Waals surface area contributed by atoms with Crippen molar-refractivity contribution in [3.05, 3.63) is 0 Å². The topological polar surface area (TPSA) is 40.5 Å². The minimum Gasteiger partial charge on any atom is -0.481 e. The van der Waals surface area contributed by atoms with Crippen molar-refractivity contribution in [3.8, 4) is 0 Å². The molecule has 1 unspecified atom stereocenters. The molecule has 2 rings (SSSR count). The van der Waals surface area contributed by atoms with E-state index in [-0.39, 0.29) is 0 Å². The van der Waals surface area contributed by atoms with Crippen LogP contribution in [0.3, 0.4) is 0 Å². The predicted molar refractivity (Wildman–Crippen MR) is 72.5 cm³/mol. The van der Waals surface area contributed by atoms with Crippen LogP contribution in [0.15, 0.2) is 0 Å². The van der Waals surface area contributed by atoms with Gasteiger partial charge in [0.05, 0.1) is 5.41 Å². The maximum absolute atomic E-state index is 11.7. The van der Waals surface area contributed by atoms with Crippen LogP contribution in [-0.4, -0.2) is 35.6 Å². The van der Waals surface area contributed by atoms with Crippen LogP contribution in [0.5, 0.6) is 0 Å². The molecule has 1 saturated carbocycles. The third kappa shape index (κ3) is 2.87. The molecule has 0 radical (unpaired) electrons. The first-order chi connectivity index (χ1) is 8.53. The standard InChI is InChI=1S/C15H27NO2/c1-12(2)13-6-9-16(10-13)11-15(14(17)18)7-4-3-5-8-15/h12-13H,3-11H2,1-2H3,(H,17,18). The zero-order valence-electron chi connectivity index (χ0n) is 11.8. The van der Waals surface area contributed by atoms with Gasteiger partial charge in [-0.3, -0.25) is 4.79 Å². The largest absolute Gasteiger partial charge is 0.481 e. The third-order valence-electron chi connectivity index (χ3n) is 5.04. The van der Waals surface area contributed by atoms with Crippen LogP contribution >= 0.6 is 0 Å². The predicted octanol–water partition coefficient (Wildman–Crippen LogP) is 3.00. The van der Waals surface area contributed by atoms with Gasteiger partial charge < -0.3 is 10.0 Å². The molecule has 2 fully saturated rings. The van der Waals surface area contributed by atoms with E-state index in [2.05, 4.69) is 18.7 Å². The van der Waals surface area contributed by atoms with Gasteiger partial charge in [-0.2, -0.15) is 0 Å². The zero-order valence-corrected chi connectivity index (χ0v) is 11.8. The fourth-order valence-electron chi connectivity index (χ4n) is 3.65. The molecule has 18 heavy (non-hydrogen) atoms. The number of nitrogens with zero attached hydrogens (tertiary/aromatic N) is 1. The van der Waals surface area contributed by atoms with Crippen molar-refractivity contribution in [3.63, 3.8) is 0 Å². The molecule has 1 saturated heterocycles. The quantitative estimate of drug-likeness (QED) is 0.837. The number of carboxylic acid groups (broad SMARTS) is 1. The SMILES string of the molecule is CC(C)C1CCN(CC2(C(=O)O)CCCCC2)C1. The average molecular weight is 253 g/mol. The van der Waals surface area contributed by atoms with Crippen LogP contribution in [0.2, 0.25) is 0 Å². The van der Waals surface area contributed by atoms with Gasteiger partial charge in [0.2, 0.25) is 0 Å². The summed E-state index contributed by atoms with van der Waals surface area (Å²) in [5, 5.41) is 9.60. The first-order valence-corrected chi connectivity index (χ1v) is 7.49. The maximum atomic E-state index is 11.7. The third-order valence-corrected chi connectivity index (χ3v) is 5.04. The fraction of sp³-hybridized carbons (Fsp3) is 0.933. The van der Waals surface area contributed by atoms with E-state index in [1.807, 2.05) is 0 Å². The van der Waals surface area contributed by atoms with Gasteiger partial charge in [-0.05, 0) is 37.6 Å². The van der Waals surface area contributed by atoms with E-state index < -0.39 is 11.4 Å². The fourth-order valence-corrected chi connectivity index (χ4v) is 3.65. The second-order valence-corrected chi connectivity index (χ2v) is 6.67. The molecule has 104 valence electrons. The van der Waals surface area contributed by atoms with Crippen LogP contribution < -0.4 is 0 Å². The van der Waals surface area contributed by atoms with Gasteiger partial charge in [0.1, 0.15) is 0 Å². The highest BCUT2D eigenvalue weighted by Gasteiger charge is 2.42. The first-order valence-electron chi connectivity index (χ1n) is 7.49. The number of carbonyl (C=O) groups is 1. The Morgan fingerprint density at radius 3 is 2.50 bits per heavy atom. The first kappa shape index (κ1) is 13.9. The lowest BCUT2D eigenvalue weighted by atomic mass is 9.73. The van der Waals surface area contributed by atoms with Crippen LogP contribution in [0.25, 0.3) is 0 Å². The van der Waals surface area contributed by atoms with Crippen LogP contribution in [0.1, 0.15) is 52.4 Å². The van der Waals surface area contributed by atoms with E-state index in [4.69, 9.17) is 0 Å². The summed E-state index contributed by atoms with van der Waals surface area (Å²) >= 11 is 0. The summed E-state index contributed by atoms with van der Waals surface area (Å²) in [7, 11) is 0. The lowest BCUT2D eigenvalue weighted by molar-refractivity contribution is -0.152. The Hall–Kier alpha value is -0.570. The Bertz CT molecular complexity index is 295. The summed E-state index contributed by atoms with van der Waals surface area (Å²) in [6, 6.07) is 0. The molecule has 0 aromatic rings. The molecule has 2 aliphatic rings. The number of aliphatic carboxylic acids is 1. The Labute approximate surface area is 111 Å². The summed E-state index contributed by atoms with van der Waals surface area (Å²) in [5.41, 5.74) is -0.440. The maximum Gasteiger partial charge on any atom is 0.310 e. The highest BCUT2D eigenvalue weighted by Crippen LogP contribution is 2.38. The Morgan fingerprint density at radius 1 is 1.33 bits per heavy atom. The van der Waals surface area contributed by atoms with Crippen molar-refractivity contribution in [1.82, 2.24) is 4.90 Å². The molecule has 0 amide bonds. The number of likely N-dealkylation sites (tertiary alicyclic amines) is 1. The van der Waals surface area contributed by atoms with Gasteiger partial charge in [0, 0.05) is 13.1 Å². The number of hydrogen-bond acceptors (Lipinski definition) is 2. The van der Waals surface area contributed by atoms with Gasteiger partial charge in [0.25, 0.3) is 0 Å². The summed E-state index contributed by atoms with van der Waals surface area (Å²) in [4.78, 5) is 14.1. The van der Waals surface area contributed by atoms with Crippen molar-refractivity contribution in [2.45, 2.75) is 52.4 Å². The van der Waals surface area contributed by atoms with Gasteiger partial charge >= 0.3 is 5.97 Å². The van der Waals surface area contributed by atoms with Gasteiger partial charge in [-0.25, -0.2) is 0 Å². The molecule has 0 aromatic heterocycles. The van der Waals surface area contributed by atoms with Crippen molar-refractivity contribution in [2.24, 2.45) is 17.3 Å². The van der Waals surface area contributed by atoms with E-state index in [9.17, 15) is 9.90 Å². The molecular formula is C15H27NO2. The molecule has 0 spiro atoms. The van der Waals surface area contributed by atoms with Crippen molar-refractivity contribution in [2.75, 3.05) is 19.6 Å². The van der Waals surface area contributed by atoms with E-state index in [0.29, 0.717) is 0 Å². The van der Waals surface area contributed by atoms with Crippen molar-refractivity contribution < 1.29 is 9.90 Å². The second-order valence-electron chi connectivity index (χ2n) is 6.67. The lowest BCUT2D eigenvalue weighted by Gasteiger charge is -2.36. The number of carboxylic acids is 1. The zero-order chi connectivity index (χ0) is 13.2. The monoisotopic (exact) mass is 253 g/mol. The Morgan fingerprint density at radius 2 is 2.00 bits per heavy atom. The van der Waals surface area contributed by atoms with Gasteiger partial charge in [0.15, 0.2) is 0 Å². The van der Waals surface area contributed by atoms with Crippen LogP contribution in [0, 0.1) is 17.3 Å². The van der Waals surface area contributed by atoms with E-state index in [1.165, 1.54) is 12.8 Å². The molecule has 0 aromatic carbocycles. The smallest absolute Gasteiger partial charge is 0.310 e. The van der Waals surface area contributed by atoms with Gasteiger partial charge in [-0.15, -0.1) is 0 Å². The molecule has 1 N–H and O–H groups in total. The summed E-state index contributed by atoms with van der Waals surface area (Å²) in [6.07, 6.45) is 6.40. The minimum atomic E-state index is -0.560. The summed E-state index contributed by atoms with van der Waals surface area (Å²) in [6.45, 7) is 7.54. The highest BCUT2D eigenvalue weighted by molar-refractivity contribution is 5.75. The molecule has 1 aliphatic carbocycles. The van der Waals surface area contributed by atoms with Crippen molar-refractivity contribution >= 4 is 5.97 Å². The highest BCUT2D eigenvalue weighted by atomic mass is 16.4. The minimum absolute atomic E-state index is 0.440. The lowest BCUT2D eigenvalue weighted by Crippen LogP contribution is -2.44. The molecule has 1 atom stereocenters. The normalized spacial score (nSPS) is 28.7. The second kappa shape index (κ2) is 5.60. The summed E-state index contributed by atoms with van der Waals surface area (Å²) < 4.78 is 0. The number of rotatable bonds is 4. The number of hydrogen-bond donors (Lipinski definition) is 1. The van der Waals surface area contributed by atoms with E-state index in [1.54, 1.807) is 0 Å². The molecule has 0 bridgehead atoms. The summed E-state index contributed by atoms with van der Waals surface area (Å²) in [5.74, 6) is 0.928. The van der Waals surface area contributed by atoms with Crippen molar-refractivity contribution in [1.29, 1.82) is 0 Å². The van der Waals surface area contributed by atoms with E-state index >= 15 is 0 Å².